The zero-order valence-corrected chi connectivity index (χ0v) is 10.3. The molecule has 17 heavy (non-hydrogen) atoms. The van der Waals surface area contributed by atoms with Gasteiger partial charge in [-0.15, -0.1) is 11.3 Å². The Bertz CT molecular complexity index is 461. The fraction of sp³-hybridized carbons (Fsp3) is 0.500. The molecule has 0 spiro atoms. The van der Waals surface area contributed by atoms with Crippen molar-refractivity contribution in [2.45, 2.75) is 31.8 Å². The smallest absolute Gasteiger partial charge is 0.255 e. The zero-order chi connectivity index (χ0) is 11.5. The van der Waals surface area contributed by atoms with Gasteiger partial charge in [0.2, 0.25) is 0 Å². The molecular formula is C12H14N2O2S. The molecule has 5 heteroatoms. The Kier molecular flexibility index (Phi) is 3.20. The van der Waals surface area contributed by atoms with E-state index in [2.05, 4.69) is 21.6 Å². The van der Waals surface area contributed by atoms with Gasteiger partial charge in [-0.25, -0.2) is 0 Å². The predicted octanol–water partition coefficient (Wildman–Crippen LogP) is 2.96. The number of nitrogens with zero attached hydrogens (tertiary/aromatic N) is 2. The highest BCUT2D eigenvalue weighted by Gasteiger charge is 2.22. The normalized spacial score (nSPS) is 20.6. The van der Waals surface area contributed by atoms with E-state index in [0.29, 0.717) is 5.89 Å². The van der Waals surface area contributed by atoms with E-state index in [-0.39, 0.29) is 6.10 Å². The molecule has 0 N–H and O–H groups in total. The molecule has 1 saturated heterocycles. The van der Waals surface area contributed by atoms with E-state index in [9.17, 15) is 0 Å². The van der Waals surface area contributed by atoms with Crippen LogP contribution in [0.2, 0.25) is 0 Å². The van der Waals surface area contributed by atoms with E-state index in [1.165, 1.54) is 11.3 Å². The predicted molar refractivity (Wildman–Crippen MR) is 64.0 cm³/mol. The average molecular weight is 250 g/mol. The lowest BCUT2D eigenvalue weighted by Crippen LogP contribution is -2.11. The third-order valence-corrected chi connectivity index (χ3v) is 3.73. The second-order valence-electron chi connectivity index (χ2n) is 4.16. The molecule has 2 aromatic rings. The van der Waals surface area contributed by atoms with Gasteiger partial charge >= 0.3 is 0 Å². The molecular weight excluding hydrogens is 236 g/mol. The van der Waals surface area contributed by atoms with Gasteiger partial charge in [-0.05, 0) is 30.7 Å². The van der Waals surface area contributed by atoms with Crippen LogP contribution in [0.25, 0.3) is 0 Å². The van der Waals surface area contributed by atoms with Crippen LogP contribution in [-0.2, 0) is 11.2 Å². The van der Waals surface area contributed by atoms with Crippen molar-refractivity contribution < 1.29 is 9.26 Å². The minimum atomic E-state index is 0.00772. The summed E-state index contributed by atoms with van der Waals surface area (Å²) in [6.07, 6.45) is 4.04. The Labute approximate surface area is 104 Å². The SMILES string of the molecule is c1csc(Cc2noc([C@H]3CCCCO3)n2)c1. The van der Waals surface area contributed by atoms with Gasteiger partial charge < -0.3 is 9.26 Å². The Morgan fingerprint density at radius 3 is 3.18 bits per heavy atom. The summed E-state index contributed by atoms with van der Waals surface area (Å²) in [5, 5.41) is 6.06. The summed E-state index contributed by atoms with van der Waals surface area (Å²) in [7, 11) is 0. The first-order chi connectivity index (χ1) is 8.42. The molecule has 0 saturated carbocycles. The average Bonchev–Trinajstić information content (AvgIpc) is 3.02. The Hall–Kier alpha value is -1.20. The van der Waals surface area contributed by atoms with Crippen LogP contribution >= 0.6 is 11.3 Å². The summed E-state index contributed by atoms with van der Waals surface area (Å²) >= 11 is 1.71. The first-order valence-corrected chi connectivity index (χ1v) is 6.76. The topological polar surface area (TPSA) is 48.2 Å². The summed E-state index contributed by atoms with van der Waals surface area (Å²) in [5.74, 6) is 1.38. The van der Waals surface area contributed by atoms with Crippen LogP contribution in [0, 0.1) is 0 Å². The van der Waals surface area contributed by atoms with Gasteiger partial charge in [0.05, 0.1) is 0 Å². The van der Waals surface area contributed by atoms with Crippen LogP contribution in [0.15, 0.2) is 22.0 Å². The minimum Gasteiger partial charge on any atom is -0.368 e. The standard InChI is InChI=1S/C12H14N2O2S/c1-2-6-15-10(5-1)12-13-11(14-16-12)8-9-4-3-7-17-9/h3-4,7,10H,1-2,5-6,8H2/t10-/m1/s1. The van der Waals surface area contributed by atoms with Crippen molar-refractivity contribution in [3.63, 3.8) is 0 Å². The van der Waals surface area contributed by atoms with E-state index < -0.39 is 0 Å². The van der Waals surface area contributed by atoms with Gasteiger partial charge in [0, 0.05) is 17.9 Å². The van der Waals surface area contributed by atoms with Crippen LogP contribution in [0.4, 0.5) is 0 Å². The van der Waals surface area contributed by atoms with Crippen LogP contribution in [0.5, 0.6) is 0 Å². The van der Waals surface area contributed by atoms with Gasteiger partial charge in [0.1, 0.15) is 6.10 Å². The number of rotatable bonds is 3. The van der Waals surface area contributed by atoms with Gasteiger partial charge in [-0.3, -0.25) is 0 Å². The minimum absolute atomic E-state index is 0.00772. The van der Waals surface area contributed by atoms with Crippen molar-refractivity contribution in [3.8, 4) is 0 Å². The maximum Gasteiger partial charge on any atom is 0.255 e. The third kappa shape index (κ3) is 2.56. The molecule has 3 heterocycles. The van der Waals surface area contributed by atoms with E-state index in [0.717, 1.165) is 31.7 Å². The summed E-state index contributed by atoms with van der Waals surface area (Å²) in [6, 6.07) is 4.11. The van der Waals surface area contributed by atoms with Gasteiger partial charge in [-0.1, -0.05) is 11.2 Å². The molecule has 1 aliphatic rings. The molecule has 0 bridgehead atoms. The molecule has 4 nitrogen and oxygen atoms in total. The van der Waals surface area contributed by atoms with E-state index in [4.69, 9.17) is 9.26 Å². The van der Waals surface area contributed by atoms with Gasteiger partial charge in [0.25, 0.3) is 5.89 Å². The summed E-state index contributed by atoms with van der Waals surface area (Å²) < 4.78 is 10.9. The van der Waals surface area contributed by atoms with Crippen molar-refractivity contribution in [3.05, 3.63) is 34.1 Å². The lowest BCUT2D eigenvalue weighted by Gasteiger charge is -2.18. The monoisotopic (exact) mass is 250 g/mol. The molecule has 1 atom stereocenters. The molecule has 0 aromatic carbocycles. The number of hydrogen-bond donors (Lipinski definition) is 0. The highest BCUT2D eigenvalue weighted by molar-refractivity contribution is 7.09. The largest absolute Gasteiger partial charge is 0.368 e. The van der Waals surface area contributed by atoms with Gasteiger partial charge in [-0.2, -0.15) is 4.98 Å². The number of aromatic nitrogens is 2. The molecule has 1 fully saturated rings. The third-order valence-electron chi connectivity index (χ3n) is 2.85. The fourth-order valence-corrected chi connectivity index (χ4v) is 2.68. The van der Waals surface area contributed by atoms with Crippen molar-refractivity contribution in [1.82, 2.24) is 10.1 Å². The number of thiophene rings is 1. The molecule has 1 aliphatic heterocycles. The quantitative estimate of drug-likeness (QED) is 0.840. The van der Waals surface area contributed by atoms with Crippen molar-refractivity contribution >= 4 is 11.3 Å². The molecule has 0 radical (unpaired) electrons. The lowest BCUT2D eigenvalue weighted by atomic mass is 10.1. The van der Waals surface area contributed by atoms with E-state index >= 15 is 0 Å². The number of hydrogen-bond acceptors (Lipinski definition) is 5. The van der Waals surface area contributed by atoms with Crippen LogP contribution in [0.1, 0.15) is 42.0 Å². The molecule has 3 rings (SSSR count). The van der Waals surface area contributed by atoms with Crippen LogP contribution < -0.4 is 0 Å². The Balaban J connectivity index is 1.69. The maximum atomic E-state index is 5.62. The molecule has 0 amide bonds. The lowest BCUT2D eigenvalue weighted by molar-refractivity contribution is -0.00459. The molecule has 0 unspecified atom stereocenters. The highest BCUT2D eigenvalue weighted by atomic mass is 32.1. The van der Waals surface area contributed by atoms with Crippen molar-refractivity contribution in [1.29, 1.82) is 0 Å². The number of ether oxygens (including phenoxy) is 1. The first-order valence-electron chi connectivity index (χ1n) is 5.88. The second-order valence-corrected chi connectivity index (χ2v) is 5.19. The molecule has 2 aromatic heterocycles. The second kappa shape index (κ2) is 4.98. The summed E-state index contributed by atoms with van der Waals surface area (Å²) in [4.78, 5) is 5.66. The van der Waals surface area contributed by atoms with Crippen molar-refractivity contribution in [2.75, 3.05) is 6.61 Å². The van der Waals surface area contributed by atoms with E-state index in [1.807, 2.05) is 6.07 Å². The van der Waals surface area contributed by atoms with Crippen LogP contribution in [0.3, 0.4) is 0 Å². The highest BCUT2D eigenvalue weighted by Crippen LogP contribution is 2.26. The summed E-state index contributed by atoms with van der Waals surface area (Å²) in [5.41, 5.74) is 0. The molecule has 0 aliphatic carbocycles. The maximum absolute atomic E-state index is 5.62. The fourth-order valence-electron chi connectivity index (χ4n) is 1.97. The van der Waals surface area contributed by atoms with Gasteiger partial charge in [0.15, 0.2) is 5.82 Å². The Morgan fingerprint density at radius 2 is 2.41 bits per heavy atom. The molecule has 90 valence electrons. The van der Waals surface area contributed by atoms with Crippen LogP contribution in [-0.4, -0.2) is 16.7 Å². The zero-order valence-electron chi connectivity index (χ0n) is 9.46. The Morgan fingerprint density at radius 1 is 1.41 bits per heavy atom. The van der Waals surface area contributed by atoms with E-state index in [1.54, 1.807) is 11.3 Å². The van der Waals surface area contributed by atoms with Crippen molar-refractivity contribution in [2.24, 2.45) is 0 Å². The summed E-state index contributed by atoms with van der Waals surface area (Å²) in [6.45, 7) is 0.799. The first kappa shape index (κ1) is 10.9.